The van der Waals surface area contributed by atoms with E-state index in [4.69, 9.17) is 10.5 Å². The molecule has 110 valence electrons. The van der Waals surface area contributed by atoms with E-state index in [1.165, 1.54) is 0 Å². The molecule has 0 bridgehead atoms. The number of nitrogens with zero attached hydrogens (tertiary/aromatic N) is 1. The van der Waals surface area contributed by atoms with Crippen LogP contribution in [-0.4, -0.2) is 50.1 Å². The molecule has 3 fully saturated rings. The predicted octanol–water partition coefficient (Wildman–Crippen LogP) is -0.190. The average molecular weight is 289 g/mol. The Kier molecular flexibility index (Phi) is 3.59. The summed E-state index contributed by atoms with van der Waals surface area (Å²) in [7, 11) is -3.44. The number of hydrogen-bond donors (Lipinski definition) is 2. The SMILES string of the molecule is CC1CCCCN1S(=O)(=O)NC1C(N)C2CCOC21. The summed E-state index contributed by atoms with van der Waals surface area (Å²) in [5, 5.41) is 0. The van der Waals surface area contributed by atoms with Gasteiger partial charge in [-0.05, 0) is 26.2 Å². The highest BCUT2D eigenvalue weighted by molar-refractivity contribution is 7.87. The molecule has 0 spiro atoms. The van der Waals surface area contributed by atoms with Crippen LogP contribution in [-0.2, 0) is 14.9 Å². The predicted molar refractivity (Wildman–Crippen MR) is 71.7 cm³/mol. The van der Waals surface area contributed by atoms with Crippen molar-refractivity contribution in [1.29, 1.82) is 0 Å². The maximum absolute atomic E-state index is 12.4. The van der Waals surface area contributed by atoms with Crippen molar-refractivity contribution < 1.29 is 13.2 Å². The average Bonchev–Trinajstić information content (AvgIpc) is 2.81. The maximum Gasteiger partial charge on any atom is 0.280 e. The highest BCUT2D eigenvalue weighted by Gasteiger charge is 2.54. The van der Waals surface area contributed by atoms with Crippen LogP contribution in [0.2, 0.25) is 0 Å². The number of nitrogens with two attached hydrogens (primary N) is 1. The fourth-order valence-electron chi connectivity index (χ4n) is 3.56. The van der Waals surface area contributed by atoms with E-state index >= 15 is 0 Å². The van der Waals surface area contributed by atoms with Crippen molar-refractivity contribution in [1.82, 2.24) is 9.03 Å². The van der Waals surface area contributed by atoms with Crippen LogP contribution in [0.1, 0.15) is 32.6 Å². The second-order valence-corrected chi connectivity index (χ2v) is 7.62. The molecule has 2 aliphatic heterocycles. The summed E-state index contributed by atoms with van der Waals surface area (Å²) in [5.74, 6) is 0.325. The first-order valence-electron chi connectivity index (χ1n) is 7.17. The molecule has 0 aromatic heterocycles. The Balaban J connectivity index is 1.68. The molecular formula is C12H23N3O3S. The molecular weight excluding hydrogens is 266 g/mol. The molecule has 3 N–H and O–H groups in total. The molecule has 3 rings (SSSR count). The molecule has 3 aliphatic rings. The van der Waals surface area contributed by atoms with Crippen LogP contribution in [0.4, 0.5) is 0 Å². The Morgan fingerprint density at radius 1 is 1.32 bits per heavy atom. The van der Waals surface area contributed by atoms with Crippen LogP contribution in [0.15, 0.2) is 0 Å². The van der Waals surface area contributed by atoms with Gasteiger partial charge in [0.15, 0.2) is 0 Å². The van der Waals surface area contributed by atoms with Gasteiger partial charge in [-0.2, -0.15) is 17.4 Å². The Bertz CT molecular complexity index is 442. The molecule has 5 unspecified atom stereocenters. The summed E-state index contributed by atoms with van der Waals surface area (Å²) in [6.07, 6.45) is 3.89. The van der Waals surface area contributed by atoms with Crippen molar-refractivity contribution in [3.8, 4) is 0 Å². The fraction of sp³-hybridized carbons (Fsp3) is 1.00. The van der Waals surface area contributed by atoms with E-state index < -0.39 is 10.2 Å². The Hall–Kier alpha value is -0.210. The second-order valence-electron chi connectivity index (χ2n) is 5.97. The van der Waals surface area contributed by atoms with Crippen LogP contribution in [0.3, 0.4) is 0 Å². The highest BCUT2D eigenvalue weighted by atomic mass is 32.2. The van der Waals surface area contributed by atoms with Gasteiger partial charge in [-0.25, -0.2) is 0 Å². The Morgan fingerprint density at radius 3 is 2.84 bits per heavy atom. The zero-order valence-electron chi connectivity index (χ0n) is 11.3. The van der Waals surface area contributed by atoms with Gasteiger partial charge in [0, 0.05) is 31.2 Å². The Labute approximate surface area is 114 Å². The second kappa shape index (κ2) is 4.96. The van der Waals surface area contributed by atoms with Gasteiger partial charge >= 0.3 is 0 Å². The van der Waals surface area contributed by atoms with Crippen molar-refractivity contribution in [3.05, 3.63) is 0 Å². The van der Waals surface area contributed by atoms with Crippen molar-refractivity contribution in [2.75, 3.05) is 13.2 Å². The summed E-state index contributed by atoms with van der Waals surface area (Å²) >= 11 is 0. The fourth-order valence-corrected chi connectivity index (χ4v) is 5.28. The molecule has 0 radical (unpaired) electrons. The van der Waals surface area contributed by atoms with Crippen molar-refractivity contribution in [2.45, 2.75) is 56.8 Å². The van der Waals surface area contributed by atoms with Crippen LogP contribution >= 0.6 is 0 Å². The van der Waals surface area contributed by atoms with E-state index in [9.17, 15) is 8.42 Å². The molecule has 2 saturated heterocycles. The van der Waals surface area contributed by atoms with Crippen LogP contribution in [0, 0.1) is 5.92 Å². The van der Waals surface area contributed by atoms with Gasteiger partial charge in [0.1, 0.15) is 0 Å². The summed E-state index contributed by atoms with van der Waals surface area (Å²) in [6, 6.07) is -0.295. The van der Waals surface area contributed by atoms with Gasteiger partial charge in [-0.3, -0.25) is 0 Å². The number of rotatable bonds is 3. The lowest BCUT2D eigenvalue weighted by atomic mass is 9.73. The molecule has 7 heteroatoms. The van der Waals surface area contributed by atoms with Crippen LogP contribution in [0.5, 0.6) is 0 Å². The zero-order chi connectivity index (χ0) is 13.6. The van der Waals surface area contributed by atoms with E-state index in [0.717, 1.165) is 25.7 Å². The van der Waals surface area contributed by atoms with E-state index in [-0.39, 0.29) is 24.2 Å². The molecule has 0 aromatic carbocycles. The van der Waals surface area contributed by atoms with E-state index in [1.807, 2.05) is 6.92 Å². The lowest BCUT2D eigenvalue weighted by Gasteiger charge is -2.46. The number of hydrogen-bond acceptors (Lipinski definition) is 4. The molecule has 6 nitrogen and oxygen atoms in total. The number of piperidine rings is 1. The van der Waals surface area contributed by atoms with Gasteiger partial charge in [0.25, 0.3) is 10.2 Å². The summed E-state index contributed by atoms with van der Waals surface area (Å²) < 4.78 is 34.8. The summed E-state index contributed by atoms with van der Waals surface area (Å²) in [4.78, 5) is 0. The topological polar surface area (TPSA) is 84.7 Å². The van der Waals surface area contributed by atoms with Gasteiger partial charge < -0.3 is 10.5 Å². The highest BCUT2D eigenvalue weighted by Crippen LogP contribution is 2.38. The van der Waals surface area contributed by atoms with Gasteiger partial charge in [0.2, 0.25) is 0 Å². The van der Waals surface area contributed by atoms with Crippen molar-refractivity contribution in [3.63, 3.8) is 0 Å². The van der Waals surface area contributed by atoms with Crippen molar-refractivity contribution in [2.24, 2.45) is 11.7 Å². The van der Waals surface area contributed by atoms with E-state index in [2.05, 4.69) is 4.72 Å². The maximum atomic E-state index is 12.4. The molecule has 5 atom stereocenters. The third kappa shape index (κ3) is 2.31. The molecule has 2 heterocycles. The van der Waals surface area contributed by atoms with Gasteiger partial charge in [-0.1, -0.05) is 6.42 Å². The summed E-state index contributed by atoms with van der Waals surface area (Å²) in [5.41, 5.74) is 6.05. The first-order valence-corrected chi connectivity index (χ1v) is 8.61. The first-order chi connectivity index (χ1) is 9.00. The Morgan fingerprint density at radius 2 is 2.11 bits per heavy atom. The molecule has 19 heavy (non-hydrogen) atoms. The minimum absolute atomic E-state index is 0.0233. The zero-order valence-corrected chi connectivity index (χ0v) is 12.1. The lowest BCUT2D eigenvalue weighted by Crippen LogP contribution is -2.70. The molecule has 0 amide bonds. The van der Waals surface area contributed by atoms with Crippen molar-refractivity contribution >= 4 is 10.2 Å². The molecule has 1 saturated carbocycles. The van der Waals surface area contributed by atoms with Crippen LogP contribution in [0.25, 0.3) is 0 Å². The first kappa shape index (κ1) is 13.8. The summed E-state index contributed by atoms with van der Waals surface area (Å²) in [6.45, 7) is 3.27. The quantitative estimate of drug-likeness (QED) is 0.754. The largest absolute Gasteiger partial charge is 0.376 e. The third-order valence-electron chi connectivity index (χ3n) is 4.78. The normalized spacial score (nSPS) is 43.8. The van der Waals surface area contributed by atoms with Gasteiger partial charge in [0.05, 0.1) is 12.1 Å². The third-order valence-corrected chi connectivity index (χ3v) is 6.51. The number of ether oxygens (including phenoxy) is 1. The monoisotopic (exact) mass is 289 g/mol. The number of nitrogens with one attached hydrogen (secondary N) is 1. The van der Waals surface area contributed by atoms with Crippen LogP contribution < -0.4 is 10.5 Å². The number of fused-ring (bicyclic) bond motifs is 1. The van der Waals surface area contributed by atoms with E-state index in [1.54, 1.807) is 4.31 Å². The minimum atomic E-state index is -3.44. The van der Waals surface area contributed by atoms with E-state index in [0.29, 0.717) is 19.1 Å². The minimum Gasteiger partial charge on any atom is -0.376 e. The van der Waals surface area contributed by atoms with Gasteiger partial charge in [-0.15, -0.1) is 0 Å². The molecule has 1 aliphatic carbocycles. The smallest absolute Gasteiger partial charge is 0.280 e. The standard InChI is InChI=1S/C12H23N3O3S/c1-8-4-2-3-6-15(8)19(16,17)14-11-10(13)9-5-7-18-12(9)11/h8-12,14H,2-7,13H2,1H3. The molecule has 0 aromatic rings. The lowest BCUT2D eigenvalue weighted by molar-refractivity contribution is -0.0100.